The molecule has 0 aromatic carbocycles. The number of thioether (sulfide) groups is 2. The molecule has 2 heterocycles. The molecular weight excluding hydrogens is 272 g/mol. The molecule has 0 amide bonds. The van der Waals surface area contributed by atoms with E-state index >= 15 is 0 Å². The number of carboxylic acid groups (broad SMARTS) is 1. The van der Waals surface area contributed by atoms with E-state index in [4.69, 9.17) is 9.63 Å². The minimum Gasteiger partial charge on any atom is -0.481 e. The van der Waals surface area contributed by atoms with E-state index in [1.54, 1.807) is 0 Å². The molecule has 1 aromatic heterocycles. The third-order valence-electron chi connectivity index (χ3n) is 2.62. The van der Waals surface area contributed by atoms with Crippen molar-refractivity contribution in [3.63, 3.8) is 0 Å². The summed E-state index contributed by atoms with van der Waals surface area (Å²) in [5, 5.41) is 12.9. The number of hydrogen-bond acceptors (Lipinski definition) is 6. The molecule has 0 saturated carbocycles. The predicted molar refractivity (Wildman–Crippen MR) is 72.0 cm³/mol. The van der Waals surface area contributed by atoms with E-state index in [-0.39, 0.29) is 6.42 Å². The van der Waals surface area contributed by atoms with E-state index in [1.165, 1.54) is 5.75 Å². The SMILES string of the molecule is O=C(O)CCCCc1nc(C2CSCCS2)no1. The summed E-state index contributed by atoms with van der Waals surface area (Å²) in [6, 6.07) is 0. The van der Waals surface area contributed by atoms with Gasteiger partial charge >= 0.3 is 5.97 Å². The molecule has 0 aliphatic carbocycles. The number of rotatable bonds is 6. The van der Waals surface area contributed by atoms with E-state index < -0.39 is 5.97 Å². The van der Waals surface area contributed by atoms with Gasteiger partial charge in [-0.15, -0.1) is 11.8 Å². The van der Waals surface area contributed by atoms with E-state index in [0.717, 1.165) is 23.8 Å². The third-order valence-corrected chi connectivity index (χ3v) is 5.37. The Morgan fingerprint density at radius 1 is 1.44 bits per heavy atom. The Morgan fingerprint density at radius 2 is 2.33 bits per heavy atom. The number of nitrogens with zero attached hydrogens (tertiary/aromatic N) is 2. The number of unbranched alkanes of at least 4 members (excludes halogenated alkanes) is 1. The Kier molecular flexibility index (Phi) is 5.37. The zero-order valence-corrected chi connectivity index (χ0v) is 11.6. The summed E-state index contributed by atoms with van der Waals surface area (Å²) in [5.41, 5.74) is 0. The van der Waals surface area contributed by atoms with Gasteiger partial charge in [0.1, 0.15) is 0 Å². The Bertz CT molecular complexity index is 391. The topological polar surface area (TPSA) is 76.2 Å². The highest BCUT2D eigenvalue weighted by molar-refractivity contribution is 8.06. The Hall–Kier alpha value is -0.690. The van der Waals surface area contributed by atoms with E-state index in [0.29, 0.717) is 24.0 Å². The molecule has 1 atom stereocenters. The normalized spacial score (nSPS) is 19.9. The van der Waals surface area contributed by atoms with Crippen LogP contribution in [0.25, 0.3) is 0 Å². The minimum atomic E-state index is -0.753. The van der Waals surface area contributed by atoms with Gasteiger partial charge in [-0.1, -0.05) is 5.16 Å². The molecule has 5 nitrogen and oxygen atoms in total. The van der Waals surface area contributed by atoms with Gasteiger partial charge in [0.25, 0.3) is 0 Å². The molecule has 1 unspecified atom stereocenters. The molecular formula is C11H16N2O3S2. The molecule has 1 N–H and O–H groups in total. The lowest BCUT2D eigenvalue weighted by Crippen LogP contribution is -2.08. The van der Waals surface area contributed by atoms with Gasteiger partial charge in [0.05, 0.1) is 5.25 Å². The van der Waals surface area contributed by atoms with Gasteiger partial charge in [-0.2, -0.15) is 16.7 Å². The average Bonchev–Trinajstić information content (AvgIpc) is 2.84. The van der Waals surface area contributed by atoms with Gasteiger partial charge < -0.3 is 9.63 Å². The van der Waals surface area contributed by atoms with Gasteiger partial charge in [-0.05, 0) is 12.8 Å². The minimum absolute atomic E-state index is 0.204. The van der Waals surface area contributed by atoms with Crippen LogP contribution in [0.1, 0.15) is 36.2 Å². The first kappa shape index (κ1) is 13.7. The molecule has 1 aromatic rings. The van der Waals surface area contributed by atoms with Crippen molar-refractivity contribution in [3.05, 3.63) is 11.7 Å². The fourth-order valence-electron chi connectivity index (χ4n) is 1.69. The Balaban J connectivity index is 1.76. The van der Waals surface area contributed by atoms with Crippen LogP contribution in [-0.2, 0) is 11.2 Å². The van der Waals surface area contributed by atoms with Crippen molar-refractivity contribution in [1.29, 1.82) is 0 Å². The molecule has 1 aliphatic heterocycles. The van der Waals surface area contributed by atoms with Crippen molar-refractivity contribution in [2.45, 2.75) is 30.9 Å². The van der Waals surface area contributed by atoms with Gasteiger partial charge in [-0.25, -0.2) is 0 Å². The molecule has 0 radical (unpaired) electrons. The molecule has 0 spiro atoms. The Morgan fingerprint density at radius 3 is 3.06 bits per heavy atom. The second-order valence-electron chi connectivity index (χ2n) is 4.08. The number of hydrogen-bond donors (Lipinski definition) is 1. The number of carboxylic acids is 1. The number of aryl methyl sites for hydroxylation is 1. The van der Waals surface area contributed by atoms with Crippen LogP contribution < -0.4 is 0 Å². The highest BCUT2D eigenvalue weighted by Crippen LogP contribution is 2.35. The monoisotopic (exact) mass is 288 g/mol. The second kappa shape index (κ2) is 7.04. The predicted octanol–water partition coefficient (Wildman–Crippen LogP) is 2.39. The first-order valence-electron chi connectivity index (χ1n) is 5.99. The zero-order chi connectivity index (χ0) is 12.8. The standard InChI is InChI=1S/C11H16N2O3S2/c14-10(15)4-2-1-3-9-12-11(13-16-9)8-7-17-5-6-18-8/h8H,1-7H2,(H,14,15). The summed E-state index contributed by atoms with van der Waals surface area (Å²) in [4.78, 5) is 14.8. The van der Waals surface area contributed by atoms with Crippen molar-refractivity contribution in [1.82, 2.24) is 10.1 Å². The highest BCUT2D eigenvalue weighted by atomic mass is 32.2. The molecule has 0 bridgehead atoms. The summed E-state index contributed by atoms with van der Waals surface area (Å²) in [5.74, 6) is 4.05. The van der Waals surface area contributed by atoms with Crippen LogP contribution >= 0.6 is 23.5 Å². The van der Waals surface area contributed by atoms with E-state index in [9.17, 15) is 4.79 Å². The van der Waals surface area contributed by atoms with Crippen molar-refractivity contribution >= 4 is 29.5 Å². The zero-order valence-electron chi connectivity index (χ0n) is 10.0. The van der Waals surface area contributed by atoms with Crippen molar-refractivity contribution in [2.24, 2.45) is 0 Å². The van der Waals surface area contributed by atoms with Gasteiger partial charge in [-0.3, -0.25) is 4.79 Å². The molecule has 1 fully saturated rings. The molecule has 7 heteroatoms. The lowest BCUT2D eigenvalue weighted by atomic mass is 10.2. The molecule has 2 rings (SSSR count). The highest BCUT2D eigenvalue weighted by Gasteiger charge is 2.21. The molecule has 1 aliphatic rings. The average molecular weight is 288 g/mol. The van der Waals surface area contributed by atoms with Crippen LogP contribution in [0, 0.1) is 0 Å². The van der Waals surface area contributed by atoms with Gasteiger partial charge in [0, 0.05) is 30.1 Å². The second-order valence-corrected chi connectivity index (χ2v) is 6.54. The summed E-state index contributed by atoms with van der Waals surface area (Å²) in [6.07, 6.45) is 2.31. The van der Waals surface area contributed by atoms with E-state index in [2.05, 4.69) is 10.1 Å². The van der Waals surface area contributed by atoms with Crippen molar-refractivity contribution < 1.29 is 14.4 Å². The van der Waals surface area contributed by atoms with E-state index in [1.807, 2.05) is 23.5 Å². The summed E-state index contributed by atoms with van der Waals surface area (Å²) < 4.78 is 5.19. The number of aromatic nitrogens is 2. The third kappa shape index (κ3) is 4.20. The van der Waals surface area contributed by atoms with Gasteiger partial charge in [0.2, 0.25) is 5.89 Å². The fraction of sp³-hybridized carbons (Fsp3) is 0.727. The van der Waals surface area contributed by atoms with Crippen LogP contribution in [-0.4, -0.2) is 38.5 Å². The maximum Gasteiger partial charge on any atom is 0.303 e. The quantitative estimate of drug-likeness (QED) is 0.805. The number of carbonyl (C=O) groups is 1. The number of aliphatic carboxylic acids is 1. The van der Waals surface area contributed by atoms with Crippen LogP contribution in [0.3, 0.4) is 0 Å². The summed E-state index contributed by atoms with van der Waals surface area (Å²) >= 11 is 3.80. The molecule has 1 saturated heterocycles. The molecule has 100 valence electrons. The van der Waals surface area contributed by atoms with Crippen LogP contribution in [0.4, 0.5) is 0 Å². The molecule has 18 heavy (non-hydrogen) atoms. The first-order valence-corrected chi connectivity index (χ1v) is 8.19. The van der Waals surface area contributed by atoms with Crippen molar-refractivity contribution in [3.8, 4) is 0 Å². The van der Waals surface area contributed by atoms with Crippen LogP contribution in [0.15, 0.2) is 4.52 Å². The van der Waals surface area contributed by atoms with Gasteiger partial charge in [0.15, 0.2) is 5.82 Å². The van der Waals surface area contributed by atoms with Crippen molar-refractivity contribution in [2.75, 3.05) is 17.3 Å². The maximum atomic E-state index is 10.4. The largest absolute Gasteiger partial charge is 0.481 e. The Labute approximate surface area is 114 Å². The maximum absolute atomic E-state index is 10.4. The summed E-state index contributed by atoms with van der Waals surface area (Å²) in [7, 11) is 0. The van der Waals surface area contributed by atoms with Crippen LogP contribution in [0.2, 0.25) is 0 Å². The lowest BCUT2D eigenvalue weighted by molar-refractivity contribution is -0.137. The first-order chi connectivity index (χ1) is 8.75. The summed E-state index contributed by atoms with van der Waals surface area (Å²) in [6.45, 7) is 0. The fourth-order valence-corrected chi connectivity index (χ4v) is 4.28. The van der Waals surface area contributed by atoms with Crippen LogP contribution in [0.5, 0.6) is 0 Å². The smallest absolute Gasteiger partial charge is 0.303 e. The lowest BCUT2D eigenvalue weighted by Gasteiger charge is -2.16.